The van der Waals surface area contributed by atoms with E-state index in [1.165, 1.54) is 6.07 Å². The third-order valence-electron chi connectivity index (χ3n) is 2.49. The second kappa shape index (κ2) is 3.88. The lowest BCUT2D eigenvalue weighted by Crippen LogP contribution is -2.19. The van der Waals surface area contributed by atoms with Gasteiger partial charge >= 0.3 is 0 Å². The number of hydrogen-bond donors (Lipinski definition) is 3. The number of benzene rings is 1. The van der Waals surface area contributed by atoms with E-state index in [0.717, 1.165) is 5.56 Å². The molecule has 3 heteroatoms. The number of hydrogen-bond acceptors (Lipinski definition) is 3. The smallest absolute Gasteiger partial charge is 0.121 e. The van der Waals surface area contributed by atoms with Gasteiger partial charge in [0.05, 0.1) is 0 Å². The van der Waals surface area contributed by atoms with Crippen LogP contribution >= 0.6 is 0 Å². The first-order chi connectivity index (χ1) is 6.47. The van der Waals surface area contributed by atoms with Crippen LogP contribution in [0.4, 0.5) is 5.69 Å². The van der Waals surface area contributed by atoms with Crippen molar-refractivity contribution in [3.63, 3.8) is 0 Å². The van der Waals surface area contributed by atoms with E-state index in [1.807, 2.05) is 13.8 Å². The number of anilines is 1. The van der Waals surface area contributed by atoms with Crippen molar-refractivity contribution in [2.45, 2.75) is 25.7 Å². The minimum Gasteiger partial charge on any atom is -0.508 e. The molecule has 0 atom stereocenters. The molecule has 0 heterocycles. The zero-order valence-electron chi connectivity index (χ0n) is 8.62. The Bertz CT molecular complexity index is 321. The molecule has 1 aromatic carbocycles. The van der Waals surface area contributed by atoms with Crippen LogP contribution in [0, 0.1) is 0 Å². The number of rotatable bonds is 3. The van der Waals surface area contributed by atoms with Gasteiger partial charge in [-0.15, -0.1) is 0 Å². The average Bonchev–Trinajstić information content (AvgIpc) is 2.02. The number of phenolic OH excluding ortho intramolecular Hbond substituents is 1. The van der Waals surface area contributed by atoms with Crippen LogP contribution in [0.15, 0.2) is 18.2 Å². The Labute approximate surface area is 84.2 Å². The summed E-state index contributed by atoms with van der Waals surface area (Å²) in [4.78, 5) is 0. The summed E-state index contributed by atoms with van der Waals surface area (Å²) < 4.78 is 0. The summed E-state index contributed by atoms with van der Waals surface area (Å²) in [5.74, 6) is 0.198. The molecular weight excluding hydrogens is 178 g/mol. The summed E-state index contributed by atoms with van der Waals surface area (Å²) in [5.41, 5.74) is 6.67. The highest BCUT2D eigenvalue weighted by Crippen LogP contribution is 2.34. The van der Waals surface area contributed by atoms with E-state index < -0.39 is 0 Å². The van der Waals surface area contributed by atoms with Crippen molar-refractivity contribution in [2.24, 2.45) is 0 Å². The van der Waals surface area contributed by atoms with E-state index >= 15 is 0 Å². The van der Waals surface area contributed by atoms with Crippen LogP contribution in [-0.2, 0) is 5.41 Å². The van der Waals surface area contributed by atoms with Crippen LogP contribution in [-0.4, -0.2) is 16.8 Å². The molecule has 0 aliphatic rings. The molecule has 0 aliphatic heterocycles. The second-order valence-corrected chi connectivity index (χ2v) is 4.13. The van der Waals surface area contributed by atoms with Crippen LogP contribution in [0.5, 0.6) is 5.75 Å². The standard InChI is InChI=1S/C11H17NO2/c1-11(2,5-6-13)9-4-3-8(12)7-10(9)14/h3-4,7,13-14H,5-6,12H2,1-2H3. The Morgan fingerprint density at radius 2 is 2.00 bits per heavy atom. The first-order valence-electron chi connectivity index (χ1n) is 4.67. The first-order valence-corrected chi connectivity index (χ1v) is 4.67. The number of aliphatic hydroxyl groups is 1. The Balaban J connectivity index is 3.06. The summed E-state index contributed by atoms with van der Waals surface area (Å²) in [5, 5.41) is 18.6. The Morgan fingerprint density at radius 3 is 2.50 bits per heavy atom. The molecule has 3 nitrogen and oxygen atoms in total. The second-order valence-electron chi connectivity index (χ2n) is 4.13. The number of nitrogens with two attached hydrogens (primary N) is 1. The van der Waals surface area contributed by atoms with Gasteiger partial charge in [-0.05, 0) is 23.5 Å². The third kappa shape index (κ3) is 2.17. The third-order valence-corrected chi connectivity index (χ3v) is 2.49. The SMILES string of the molecule is CC(C)(CCO)c1ccc(N)cc1O. The minimum atomic E-state index is -0.230. The maximum atomic E-state index is 9.69. The highest BCUT2D eigenvalue weighted by molar-refractivity contribution is 5.50. The van der Waals surface area contributed by atoms with E-state index in [-0.39, 0.29) is 17.8 Å². The van der Waals surface area contributed by atoms with Gasteiger partial charge in [-0.3, -0.25) is 0 Å². The molecule has 78 valence electrons. The first kappa shape index (κ1) is 10.9. The highest BCUT2D eigenvalue weighted by Gasteiger charge is 2.22. The molecule has 0 bridgehead atoms. The highest BCUT2D eigenvalue weighted by atomic mass is 16.3. The zero-order chi connectivity index (χ0) is 10.8. The fraction of sp³-hybridized carbons (Fsp3) is 0.455. The van der Waals surface area contributed by atoms with E-state index in [1.54, 1.807) is 12.1 Å². The van der Waals surface area contributed by atoms with Gasteiger partial charge in [-0.1, -0.05) is 19.9 Å². The minimum absolute atomic E-state index is 0.108. The summed E-state index contributed by atoms with van der Waals surface area (Å²) in [6.07, 6.45) is 0.616. The van der Waals surface area contributed by atoms with E-state index in [4.69, 9.17) is 10.8 Å². The molecular formula is C11H17NO2. The molecule has 0 aromatic heterocycles. The lowest BCUT2D eigenvalue weighted by atomic mass is 9.81. The molecule has 1 rings (SSSR count). The van der Waals surface area contributed by atoms with E-state index in [2.05, 4.69) is 0 Å². The molecule has 0 radical (unpaired) electrons. The van der Waals surface area contributed by atoms with Crippen molar-refractivity contribution < 1.29 is 10.2 Å². The van der Waals surface area contributed by atoms with Gasteiger partial charge in [-0.25, -0.2) is 0 Å². The quantitative estimate of drug-likeness (QED) is 0.642. The molecule has 14 heavy (non-hydrogen) atoms. The Hall–Kier alpha value is -1.22. The zero-order valence-corrected chi connectivity index (χ0v) is 8.62. The summed E-state index contributed by atoms with van der Waals surface area (Å²) in [7, 11) is 0. The maximum Gasteiger partial charge on any atom is 0.121 e. The van der Waals surface area contributed by atoms with E-state index in [9.17, 15) is 5.11 Å². The molecule has 0 fully saturated rings. The average molecular weight is 195 g/mol. The molecule has 0 aliphatic carbocycles. The van der Waals surface area contributed by atoms with Gasteiger partial charge < -0.3 is 15.9 Å². The van der Waals surface area contributed by atoms with Gasteiger partial charge in [0.2, 0.25) is 0 Å². The van der Waals surface area contributed by atoms with Crippen molar-refractivity contribution in [1.82, 2.24) is 0 Å². The molecule has 0 spiro atoms. The fourth-order valence-corrected chi connectivity index (χ4v) is 1.54. The molecule has 0 saturated carbocycles. The van der Waals surface area contributed by atoms with Crippen molar-refractivity contribution in [1.29, 1.82) is 0 Å². The topological polar surface area (TPSA) is 66.5 Å². The van der Waals surface area contributed by atoms with Gasteiger partial charge in [0.25, 0.3) is 0 Å². The van der Waals surface area contributed by atoms with E-state index in [0.29, 0.717) is 12.1 Å². The number of aliphatic hydroxyl groups excluding tert-OH is 1. The van der Waals surface area contributed by atoms with Crippen molar-refractivity contribution in [2.75, 3.05) is 12.3 Å². The van der Waals surface area contributed by atoms with Crippen LogP contribution in [0.25, 0.3) is 0 Å². The maximum absolute atomic E-state index is 9.69. The monoisotopic (exact) mass is 195 g/mol. The van der Waals surface area contributed by atoms with Gasteiger partial charge in [0.15, 0.2) is 0 Å². The Kier molecular flexibility index (Phi) is 3.01. The number of aromatic hydroxyl groups is 1. The van der Waals surface area contributed by atoms with Crippen molar-refractivity contribution in [3.8, 4) is 5.75 Å². The van der Waals surface area contributed by atoms with Crippen LogP contribution in [0.3, 0.4) is 0 Å². The molecule has 0 unspecified atom stereocenters. The molecule has 1 aromatic rings. The number of nitrogen functional groups attached to an aromatic ring is 1. The van der Waals surface area contributed by atoms with Crippen LogP contribution < -0.4 is 5.73 Å². The molecule has 0 amide bonds. The lowest BCUT2D eigenvalue weighted by molar-refractivity contribution is 0.250. The predicted molar refractivity (Wildman–Crippen MR) is 57.2 cm³/mol. The normalized spacial score (nSPS) is 11.6. The van der Waals surface area contributed by atoms with Crippen LogP contribution in [0.1, 0.15) is 25.8 Å². The Morgan fingerprint density at radius 1 is 1.36 bits per heavy atom. The summed E-state index contributed by atoms with van der Waals surface area (Å²) >= 11 is 0. The predicted octanol–water partition coefficient (Wildman–Crippen LogP) is 1.63. The van der Waals surface area contributed by atoms with Crippen molar-refractivity contribution >= 4 is 5.69 Å². The van der Waals surface area contributed by atoms with Gasteiger partial charge in [0.1, 0.15) is 5.75 Å². The van der Waals surface area contributed by atoms with Crippen molar-refractivity contribution in [3.05, 3.63) is 23.8 Å². The van der Waals surface area contributed by atoms with Gasteiger partial charge in [0, 0.05) is 18.4 Å². The summed E-state index contributed by atoms with van der Waals surface area (Å²) in [6.45, 7) is 4.07. The number of phenols is 1. The largest absolute Gasteiger partial charge is 0.508 e. The lowest BCUT2D eigenvalue weighted by Gasteiger charge is -2.25. The summed E-state index contributed by atoms with van der Waals surface area (Å²) in [6, 6.07) is 5.10. The molecule has 0 saturated heterocycles. The van der Waals surface area contributed by atoms with Crippen LogP contribution in [0.2, 0.25) is 0 Å². The van der Waals surface area contributed by atoms with Gasteiger partial charge in [-0.2, -0.15) is 0 Å². The molecule has 4 N–H and O–H groups in total. The fourth-order valence-electron chi connectivity index (χ4n) is 1.54.